The molecule has 10 heteroatoms. The van der Waals surface area contributed by atoms with Crippen molar-refractivity contribution in [3.8, 4) is 5.69 Å². The van der Waals surface area contributed by atoms with Crippen molar-refractivity contribution < 1.29 is 9.59 Å². The van der Waals surface area contributed by atoms with E-state index in [-0.39, 0.29) is 5.91 Å². The summed E-state index contributed by atoms with van der Waals surface area (Å²) in [4.78, 5) is 28.6. The number of carbonyl (C=O) groups excluding carboxylic acids is 2. The van der Waals surface area contributed by atoms with E-state index >= 15 is 0 Å². The van der Waals surface area contributed by atoms with Crippen molar-refractivity contribution >= 4 is 45.9 Å². The zero-order valence-electron chi connectivity index (χ0n) is 19.1. The number of para-hydroxylation sites is 1. The van der Waals surface area contributed by atoms with E-state index in [1.165, 1.54) is 29.5 Å². The van der Waals surface area contributed by atoms with Gasteiger partial charge in [0.05, 0.1) is 16.5 Å². The molecule has 0 radical (unpaired) electrons. The van der Waals surface area contributed by atoms with Crippen molar-refractivity contribution in [3.63, 3.8) is 0 Å². The van der Waals surface area contributed by atoms with Gasteiger partial charge >= 0.3 is 0 Å². The van der Waals surface area contributed by atoms with Crippen molar-refractivity contribution in [1.82, 2.24) is 14.8 Å². The van der Waals surface area contributed by atoms with Gasteiger partial charge in [-0.2, -0.15) is 0 Å². The zero-order valence-corrected chi connectivity index (χ0v) is 20.8. The summed E-state index contributed by atoms with van der Waals surface area (Å²) in [6.07, 6.45) is 6.29. The maximum atomic E-state index is 13.1. The Hall–Kier alpha value is -2.85. The first-order chi connectivity index (χ1) is 16.5. The van der Waals surface area contributed by atoms with Crippen molar-refractivity contribution in [1.29, 1.82) is 0 Å². The number of aromatic nitrogens is 3. The summed E-state index contributed by atoms with van der Waals surface area (Å²) in [6, 6.07) is 10.0. The molecule has 1 fully saturated rings. The van der Waals surface area contributed by atoms with E-state index in [1.54, 1.807) is 0 Å². The molecule has 34 heavy (non-hydrogen) atoms. The molecule has 2 aliphatic rings. The molecule has 1 aromatic carbocycles. The number of hydrogen-bond donors (Lipinski definition) is 2. The van der Waals surface area contributed by atoms with Crippen LogP contribution in [0.2, 0.25) is 0 Å². The molecule has 178 valence electrons. The van der Waals surface area contributed by atoms with Crippen LogP contribution in [0.1, 0.15) is 53.4 Å². The number of aryl methyl sites for hydroxylation is 1. The lowest BCUT2D eigenvalue weighted by atomic mass is 10.1. The number of anilines is 2. The minimum Gasteiger partial charge on any atom is -0.365 e. The van der Waals surface area contributed by atoms with E-state index in [0.29, 0.717) is 15.7 Å². The second-order valence-electron chi connectivity index (χ2n) is 8.68. The van der Waals surface area contributed by atoms with E-state index in [9.17, 15) is 9.59 Å². The first-order valence-electron chi connectivity index (χ1n) is 11.7. The lowest BCUT2D eigenvalue weighted by Gasteiger charge is -2.28. The number of benzene rings is 1. The monoisotopic (exact) mass is 496 g/mol. The van der Waals surface area contributed by atoms with Gasteiger partial charge in [-0.3, -0.25) is 14.2 Å². The van der Waals surface area contributed by atoms with Crippen LogP contribution in [0.25, 0.3) is 5.69 Å². The number of fused-ring (bicyclic) bond motifs is 1. The fourth-order valence-corrected chi connectivity index (χ4v) is 6.78. The number of primary amides is 1. The first-order valence-corrected chi connectivity index (χ1v) is 13.4. The Bertz CT molecular complexity index is 1200. The normalized spacial score (nSPS) is 16.3. The Morgan fingerprint density at radius 1 is 1.09 bits per heavy atom. The number of nitrogens with zero attached hydrogens (tertiary/aromatic N) is 4. The molecule has 1 aliphatic heterocycles. The largest absolute Gasteiger partial charge is 0.365 e. The van der Waals surface area contributed by atoms with E-state index < -0.39 is 11.2 Å². The summed E-state index contributed by atoms with van der Waals surface area (Å²) in [5.74, 6) is 0.145. The van der Waals surface area contributed by atoms with Crippen LogP contribution >= 0.6 is 23.1 Å². The number of thiophene rings is 1. The van der Waals surface area contributed by atoms with Crippen molar-refractivity contribution in [3.05, 3.63) is 46.3 Å². The summed E-state index contributed by atoms with van der Waals surface area (Å²) in [5.41, 5.74) is 8.09. The van der Waals surface area contributed by atoms with Gasteiger partial charge in [0, 0.05) is 18.0 Å². The average Bonchev–Trinajstić information content (AvgIpc) is 3.54. The molecule has 2 amide bonds. The molecule has 8 nitrogen and oxygen atoms in total. The van der Waals surface area contributed by atoms with Gasteiger partial charge in [-0.25, -0.2) is 0 Å². The molecular weight excluding hydrogens is 468 g/mol. The van der Waals surface area contributed by atoms with Crippen LogP contribution in [0.5, 0.6) is 0 Å². The molecule has 1 saturated heterocycles. The van der Waals surface area contributed by atoms with Crippen LogP contribution in [-0.2, 0) is 17.6 Å². The number of amides is 2. The zero-order chi connectivity index (χ0) is 23.7. The minimum absolute atomic E-state index is 0.186. The highest BCUT2D eigenvalue weighted by atomic mass is 32.2. The van der Waals surface area contributed by atoms with Crippen LogP contribution in [0.15, 0.2) is 35.5 Å². The molecule has 3 aromatic rings. The highest BCUT2D eigenvalue weighted by Crippen LogP contribution is 2.39. The Kier molecular flexibility index (Phi) is 6.60. The van der Waals surface area contributed by atoms with Gasteiger partial charge < -0.3 is 16.0 Å². The summed E-state index contributed by atoms with van der Waals surface area (Å²) < 4.78 is 2.04. The number of hydrogen-bond acceptors (Lipinski definition) is 7. The van der Waals surface area contributed by atoms with Crippen molar-refractivity contribution in [2.24, 2.45) is 5.73 Å². The predicted octanol–water partition coefficient (Wildman–Crippen LogP) is 4.03. The van der Waals surface area contributed by atoms with Crippen LogP contribution in [-0.4, -0.2) is 44.9 Å². The van der Waals surface area contributed by atoms with Gasteiger partial charge in [0.15, 0.2) is 5.16 Å². The van der Waals surface area contributed by atoms with Gasteiger partial charge in [0.25, 0.3) is 5.91 Å². The molecule has 1 aliphatic carbocycles. The lowest BCUT2D eigenvalue weighted by molar-refractivity contribution is -0.115. The molecule has 2 aromatic heterocycles. The van der Waals surface area contributed by atoms with E-state index in [2.05, 4.69) is 20.4 Å². The molecule has 1 unspecified atom stereocenters. The molecule has 3 heterocycles. The molecule has 0 bridgehead atoms. The second-order valence-corrected chi connectivity index (χ2v) is 11.1. The third kappa shape index (κ3) is 4.44. The Labute approximate surface area is 206 Å². The fraction of sp³-hybridized carbons (Fsp3) is 0.417. The standard InChI is InChI=1S/C24H28N6O2S2/c1-15(21(32)26-22-19(20(25)31)17-11-8-12-18(17)34-22)33-24-28-27-23(29-13-6-3-7-14-29)30(24)16-9-4-2-5-10-16/h2,4-5,9-10,15H,3,6-8,11-14H2,1H3,(H2,25,31)(H,26,32). The maximum Gasteiger partial charge on any atom is 0.251 e. The van der Waals surface area contributed by atoms with E-state index in [1.807, 2.05) is 41.8 Å². The average molecular weight is 497 g/mol. The highest BCUT2D eigenvalue weighted by Gasteiger charge is 2.29. The van der Waals surface area contributed by atoms with Gasteiger partial charge in [-0.05, 0) is 63.1 Å². The van der Waals surface area contributed by atoms with Gasteiger partial charge in [-0.15, -0.1) is 21.5 Å². The van der Waals surface area contributed by atoms with Gasteiger partial charge in [-0.1, -0.05) is 30.0 Å². The smallest absolute Gasteiger partial charge is 0.251 e. The van der Waals surface area contributed by atoms with E-state index in [4.69, 9.17) is 5.73 Å². The highest BCUT2D eigenvalue weighted by molar-refractivity contribution is 8.00. The number of piperidine rings is 1. The van der Waals surface area contributed by atoms with Crippen molar-refractivity contribution in [2.45, 2.75) is 55.9 Å². The molecular formula is C24H28N6O2S2. The third-order valence-corrected chi connectivity index (χ3v) is 8.58. The molecule has 5 rings (SSSR count). The number of nitrogens with one attached hydrogen (secondary N) is 1. The number of carbonyl (C=O) groups is 2. The SMILES string of the molecule is CC(Sc1nnc(N2CCCCC2)n1-c1ccccc1)C(=O)Nc1sc2c(c1C(N)=O)CCC2. The van der Waals surface area contributed by atoms with Crippen LogP contribution in [0, 0.1) is 0 Å². The number of rotatable bonds is 7. The summed E-state index contributed by atoms with van der Waals surface area (Å²) in [5, 5.41) is 12.7. The van der Waals surface area contributed by atoms with Crippen LogP contribution in [0.3, 0.4) is 0 Å². The van der Waals surface area contributed by atoms with Gasteiger partial charge in [0.2, 0.25) is 11.9 Å². The Balaban J connectivity index is 1.39. The first kappa shape index (κ1) is 22.9. The minimum atomic E-state index is -0.481. The molecule has 0 spiro atoms. The van der Waals surface area contributed by atoms with Crippen LogP contribution < -0.4 is 16.0 Å². The molecule has 0 saturated carbocycles. The molecule has 1 atom stereocenters. The number of nitrogens with two attached hydrogens (primary N) is 1. The fourth-order valence-electron chi connectivity index (χ4n) is 4.62. The van der Waals surface area contributed by atoms with Crippen molar-refractivity contribution in [2.75, 3.05) is 23.3 Å². The third-order valence-electron chi connectivity index (χ3n) is 6.33. The lowest BCUT2D eigenvalue weighted by Crippen LogP contribution is -2.31. The topological polar surface area (TPSA) is 106 Å². The summed E-state index contributed by atoms with van der Waals surface area (Å²) in [7, 11) is 0. The Morgan fingerprint density at radius 3 is 2.59 bits per heavy atom. The second kappa shape index (κ2) is 9.79. The summed E-state index contributed by atoms with van der Waals surface area (Å²) >= 11 is 2.83. The number of thioether (sulfide) groups is 1. The Morgan fingerprint density at radius 2 is 1.85 bits per heavy atom. The molecule has 3 N–H and O–H groups in total. The van der Waals surface area contributed by atoms with Gasteiger partial charge in [0.1, 0.15) is 5.00 Å². The van der Waals surface area contributed by atoms with Crippen LogP contribution in [0.4, 0.5) is 10.9 Å². The van der Waals surface area contributed by atoms with E-state index in [0.717, 1.165) is 67.3 Å². The maximum absolute atomic E-state index is 13.1. The quantitative estimate of drug-likeness (QED) is 0.479. The predicted molar refractivity (Wildman–Crippen MR) is 136 cm³/mol. The summed E-state index contributed by atoms with van der Waals surface area (Å²) in [6.45, 7) is 3.74.